The van der Waals surface area contributed by atoms with Crippen LogP contribution in [0.2, 0.25) is 0 Å². The lowest BCUT2D eigenvalue weighted by Gasteiger charge is -2.28. The van der Waals surface area contributed by atoms with E-state index in [9.17, 15) is 5.11 Å². The van der Waals surface area contributed by atoms with Gasteiger partial charge in [-0.05, 0) is 31.5 Å². The minimum Gasteiger partial charge on any atom is -0.395 e. The van der Waals surface area contributed by atoms with Gasteiger partial charge in [0.15, 0.2) is 0 Å². The van der Waals surface area contributed by atoms with Crippen molar-refractivity contribution in [3.8, 4) is 0 Å². The van der Waals surface area contributed by atoms with Crippen LogP contribution in [-0.2, 0) is 6.54 Å². The summed E-state index contributed by atoms with van der Waals surface area (Å²) in [5.41, 5.74) is 6.67. The molecule has 0 spiro atoms. The molecule has 1 saturated heterocycles. The first-order valence-corrected chi connectivity index (χ1v) is 6.36. The fourth-order valence-electron chi connectivity index (χ4n) is 2.45. The van der Waals surface area contributed by atoms with E-state index in [1.165, 1.54) is 19.3 Å². The number of anilines is 1. The van der Waals surface area contributed by atoms with Crippen LogP contribution in [0.15, 0.2) is 18.2 Å². The summed E-state index contributed by atoms with van der Waals surface area (Å²) >= 11 is 0. The lowest BCUT2D eigenvalue weighted by atomic mass is 10.1. The summed E-state index contributed by atoms with van der Waals surface area (Å²) < 4.78 is 0. The highest BCUT2D eigenvalue weighted by Crippen LogP contribution is 2.18. The van der Waals surface area contributed by atoms with Crippen molar-refractivity contribution in [2.24, 2.45) is 0 Å². The molecule has 2 rings (SSSR count). The summed E-state index contributed by atoms with van der Waals surface area (Å²) in [6, 6.07) is 6.01. The molecule has 1 unspecified atom stereocenters. The van der Waals surface area contributed by atoms with E-state index in [2.05, 4.69) is 9.88 Å². The molecule has 0 radical (unpaired) electrons. The smallest absolute Gasteiger partial charge is 0.123 e. The normalized spacial score (nSPS) is 22.3. The van der Waals surface area contributed by atoms with Crippen LogP contribution < -0.4 is 5.73 Å². The van der Waals surface area contributed by atoms with Gasteiger partial charge >= 0.3 is 0 Å². The van der Waals surface area contributed by atoms with E-state index in [1.807, 2.05) is 12.1 Å². The SMILES string of the molecule is Nc1cccc(CN2CCCCCC2CO)n1. The summed E-state index contributed by atoms with van der Waals surface area (Å²) in [5, 5.41) is 9.43. The topological polar surface area (TPSA) is 62.4 Å². The predicted octanol–water partition coefficient (Wildman–Crippen LogP) is 1.40. The molecule has 17 heavy (non-hydrogen) atoms. The van der Waals surface area contributed by atoms with Crippen molar-refractivity contribution in [1.82, 2.24) is 9.88 Å². The zero-order valence-corrected chi connectivity index (χ0v) is 10.2. The fourth-order valence-corrected chi connectivity index (χ4v) is 2.45. The molecule has 0 saturated carbocycles. The van der Waals surface area contributed by atoms with Gasteiger partial charge in [0.25, 0.3) is 0 Å². The van der Waals surface area contributed by atoms with Gasteiger partial charge in [-0.1, -0.05) is 18.9 Å². The van der Waals surface area contributed by atoms with E-state index in [4.69, 9.17) is 5.73 Å². The Kier molecular flexibility index (Phi) is 4.34. The number of pyridine rings is 1. The number of hydrogen-bond donors (Lipinski definition) is 2. The number of aliphatic hydroxyl groups is 1. The Morgan fingerprint density at radius 2 is 2.24 bits per heavy atom. The van der Waals surface area contributed by atoms with Crippen LogP contribution in [0.25, 0.3) is 0 Å². The Hall–Kier alpha value is -1.13. The number of hydrogen-bond acceptors (Lipinski definition) is 4. The summed E-state index contributed by atoms with van der Waals surface area (Å²) in [5.74, 6) is 0.567. The van der Waals surface area contributed by atoms with Gasteiger partial charge in [-0.3, -0.25) is 4.90 Å². The van der Waals surface area contributed by atoms with Gasteiger partial charge in [-0.25, -0.2) is 4.98 Å². The number of nitrogens with two attached hydrogens (primary N) is 1. The zero-order chi connectivity index (χ0) is 12.1. The van der Waals surface area contributed by atoms with Crippen molar-refractivity contribution in [1.29, 1.82) is 0 Å². The molecule has 0 bridgehead atoms. The van der Waals surface area contributed by atoms with Crippen LogP contribution in [0, 0.1) is 0 Å². The standard InChI is InChI=1S/C13H21N3O/c14-13-7-4-5-11(15-13)9-16-8-3-1-2-6-12(16)10-17/h4-5,7,12,17H,1-3,6,8-10H2,(H2,14,15). The molecule has 2 heterocycles. The van der Waals surface area contributed by atoms with Crippen molar-refractivity contribution >= 4 is 5.82 Å². The highest BCUT2D eigenvalue weighted by molar-refractivity contribution is 5.28. The largest absolute Gasteiger partial charge is 0.395 e. The fraction of sp³-hybridized carbons (Fsp3) is 0.615. The lowest BCUT2D eigenvalue weighted by Crippen LogP contribution is -2.37. The molecule has 0 amide bonds. The number of likely N-dealkylation sites (tertiary alicyclic amines) is 1. The first kappa shape index (κ1) is 12.3. The number of aliphatic hydroxyl groups excluding tert-OH is 1. The second-order valence-corrected chi connectivity index (χ2v) is 4.71. The van der Waals surface area contributed by atoms with Gasteiger partial charge in [0.2, 0.25) is 0 Å². The van der Waals surface area contributed by atoms with E-state index >= 15 is 0 Å². The van der Waals surface area contributed by atoms with Crippen molar-refractivity contribution in [2.45, 2.75) is 38.3 Å². The Labute approximate surface area is 102 Å². The summed E-state index contributed by atoms with van der Waals surface area (Å²) in [6.07, 6.45) is 4.76. The van der Waals surface area contributed by atoms with E-state index in [0.717, 1.165) is 25.2 Å². The third-order valence-electron chi connectivity index (χ3n) is 3.40. The molecule has 1 fully saturated rings. The number of nitrogens with zero attached hydrogens (tertiary/aromatic N) is 2. The Morgan fingerprint density at radius 1 is 1.35 bits per heavy atom. The van der Waals surface area contributed by atoms with Gasteiger partial charge in [0.1, 0.15) is 5.82 Å². The van der Waals surface area contributed by atoms with Crippen molar-refractivity contribution < 1.29 is 5.11 Å². The Bertz CT molecular complexity index is 356. The second-order valence-electron chi connectivity index (χ2n) is 4.71. The Morgan fingerprint density at radius 3 is 3.00 bits per heavy atom. The summed E-state index contributed by atoms with van der Waals surface area (Å²) in [7, 11) is 0. The monoisotopic (exact) mass is 235 g/mol. The van der Waals surface area contributed by atoms with E-state index < -0.39 is 0 Å². The minimum absolute atomic E-state index is 0.238. The Balaban J connectivity index is 2.04. The first-order valence-electron chi connectivity index (χ1n) is 6.36. The maximum Gasteiger partial charge on any atom is 0.123 e. The zero-order valence-electron chi connectivity index (χ0n) is 10.2. The number of aromatic nitrogens is 1. The predicted molar refractivity (Wildman–Crippen MR) is 68.4 cm³/mol. The van der Waals surface area contributed by atoms with Crippen molar-refractivity contribution in [3.05, 3.63) is 23.9 Å². The lowest BCUT2D eigenvalue weighted by molar-refractivity contribution is 0.117. The maximum atomic E-state index is 9.43. The quantitative estimate of drug-likeness (QED) is 0.831. The van der Waals surface area contributed by atoms with Crippen molar-refractivity contribution in [2.75, 3.05) is 18.9 Å². The van der Waals surface area contributed by atoms with Crippen LogP contribution in [0.5, 0.6) is 0 Å². The van der Waals surface area contributed by atoms with Gasteiger partial charge in [-0.15, -0.1) is 0 Å². The van der Waals surface area contributed by atoms with Gasteiger partial charge in [0.05, 0.1) is 12.3 Å². The molecule has 3 N–H and O–H groups in total. The highest BCUT2D eigenvalue weighted by atomic mass is 16.3. The molecule has 1 aliphatic rings. The van der Waals surface area contributed by atoms with Crippen LogP contribution in [0.1, 0.15) is 31.4 Å². The molecule has 0 aliphatic carbocycles. The molecule has 0 aromatic carbocycles. The van der Waals surface area contributed by atoms with Crippen molar-refractivity contribution in [3.63, 3.8) is 0 Å². The summed E-state index contributed by atoms with van der Waals surface area (Å²) in [6.45, 7) is 2.07. The van der Waals surface area contributed by atoms with E-state index in [0.29, 0.717) is 5.82 Å². The van der Waals surface area contributed by atoms with Crippen LogP contribution in [-0.4, -0.2) is 34.2 Å². The molecule has 1 aromatic heterocycles. The second kappa shape index (κ2) is 5.98. The minimum atomic E-state index is 0.238. The molecule has 4 heteroatoms. The van der Waals surface area contributed by atoms with Crippen LogP contribution >= 0.6 is 0 Å². The number of rotatable bonds is 3. The molecule has 1 atom stereocenters. The molecule has 1 aromatic rings. The average Bonchev–Trinajstić information content (AvgIpc) is 2.54. The third-order valence-corrected chi connectivity index (χ3v) is 3.40. The van der Waals surface area contributed by atoms with E-state index in [1.54, 1.807) is 6.07 Å². The molecule has 4 nitrogen and oxygen atoms in total. The van der Waals surface area contributed by atoms with Gasteiger partial charge < -0.3 is 10.8 Å². The average molecular weight is 235 g/mol. The maximum absolute atomic E-state index is 9.43. The molecule has 1 aliphatic heterocycles. The van der Waals surface area contributed by atoms with Gasteiger partial charge in [0, 0.05) is 12.6 Å². The van der Waals surface area contributed by atoms with Gasteiger partial charge in [-0.2, -0.15) is 0 Å². The molecular weight excluding hydrogens is 214 g/mol. The first-order chi connectivity index (χ1) is 8.29. The third kappa shape index (κ3) is 3.41. The molecular formula is C13H21N3O. The van der Waals surface area contributed by atoms with Crippen LogP contribution in [0.3, 0.4) is 0 Å². The van der Waals surface area contributed by atoms with Crippen LogP contribution in [0.4, 0.5) is 5.82 Å². The van der Waals surface area contributed by atoms with E-state index in [-0.39, 0.29) is 12.6 Å². The number of nitrogen functional groups attached to an aromatic ring is 1. The molecule has 94 valence electrons. The highest BCUT2D eigenvalue weighted by Gasteiger charge is 2.20. The summed E-state index contributed by atoms with van der Waals surface area (Å²) in [4.78, 5) is 6.65.